The van der Waals surface area contributed by atoms with Crippen LogP contribution in [-0.4, -0.2) is 75.5 Å². The van der Waals surface area contributed by atoms with E-state index in [1.54, 1.807) is 21.1 Å². The van der Waals surface area contributed by atoms with Crippen molar-refractivity contribution in [1.82, 2.24) is 0 Å². The van der Waals surface area contributed by atoms with Crippen molar-refractivity contribution in [2.24, 2.45) is 0 Å². The van der Waals surface area contributed by atoms with Gasteiger partial charge in [0.25, 0.3) is 0 Å². The summed E-state index contributed by atoms with van der Waals surface area (Å²) in [4.78, 5) is 37.1. The Bertz CT molecular complexity index is 1280. The molecule has 0 bridgehead atoms. The molecule has 0 aromatic rings. The molecular formula is C59H105NO7. The van der Waals surface area contributed by atoms with Gasteiger partial charge in [0.15, 0.2) is 6.10 Å². The number of carbonyl (C=O) groups is 3. The zero-order valence-electron chi connectivity index (χ0n) is 44.3. The number of allylic oxidation sites excluding steroid dienone is 10. The predicted molar refractivity (Wildman–Crippen MR) is 282 cm³/mol. The Hall–Kier alpha value is -2.97. The van der Waals surface area contributed by atoms with Gasteiger partial charge in [-0.2, -0.15) is 0 Å². The Morgan fingerprint density at radius 2 is 0.836 bits per heavy atom. The van der Waals surface area contributed by atoms with Gasteiger partial charge in [0.1, 0.15) is 12.6 Å². The normalized spacial score (nSPS) is 13.3. The van der Waals surface area contributed by atoms with E-state index in [1.165, 1.54) is 148 Å². The van der Waals surface area contributed by atoms with E-state index in [0.29, 0.717) is 12.8 Å². The van der Waals surface area contributed by atoms with Gasteiger partial charge in [-0.15, -0.1) is 0 Å². The first-order valence-electron chi connectivity index (χ1n) is 27.8. The maximum absolute atomic E-state index is 12.8. The van der Waals surface area contributed by atoms with E-state index in [4.69, 9.17) is 14.2 Å². The molecule has 0 amide bonds. The first-order chi connectivity index (χ1) is 32.6. The predicted octanol–water partition coefficient (Wildman–Crippen LogP) is 15.1. The minimum absolute atomic E-state index is 0.0372. The molecule has 0 saturated carbocycles. The molecule has 8 heteroatoms. The first-order valence-corrected chi connectivity index (χ1v) is 27.8. The quantitative estimate of drug-likeness (QED) is 0.0259. The van der Waals surface area contributed by atoms with E-state index in [9.17, 15) is 19.5 Å². The summed E-state index contributed by atoms with van der Waals surface area (Å²) < 4.78 is 17.3. The number of carboxylic acids is 1. The van der Waals surface area contributed by atoms with E-state index in [2.05, 4.69) is 74.6 Å². The highest BCUT2D eigenvalue weighted by molar-refractivity contribution is 5.70. The molecule has 0 saturated heterocycles. The summed E-state index contributed by atoms with van der Waals surface area (Å²) in [5, 5.41) is 11.7. The highest BCUT2D eigenvalue weighted by atomic mass is 16.6. The number of quaternary nitrogens is 1. The fourth-order valence-corrected chi connectivity index (χ4v) is 8.12. The lowest BCUT2D eigenvalue weighted by Gasteiger charge is -2.34. The van der Waals surface area contributed by atoms with E-state index in [1.807, 2.05) is 0 Å². The van der Waals surface area contributed by atoms with E-state index >= 15 is 0 Å². The van der Waals surface area contributed by atoms with Gasteiger partial charge in [0.2, 0.25) is 0 Å². The number of hydrogen-bond acceptors (Lipinski definition) is 7. The summed E-state index contributed by atoms with van der Waals surface area (Å²) in [6, 6.07) is -0.730. The minimum atomic E-state index is -1.13. The van der Waals surface area contributed by atoms with Gasteiger partial charge in [-0.1, -0.05) is 209 Å². The van der Waals surface area contributed by atoms with Crippen LogP contribution < -0.4 is 5.11 Å². The number of nitrogens with zero attached hydrogens (tertiary/aromatic N) is 1. The fraction of sp³-hybridized carbons (Fsp3) is 0.780. The number of aliphatic carboxylic acids is 1. The molecule has 0 radical (unpaired) electrons. The fourth-order valence-electron chi connectivity index (χ4n) is 8.12. The van der Waals surface area contributed by atoms with Gasteiger partial charge in [-0.25, -0.2) is 0 Å². The summed E-state index contributed by atoms with van der Waals surface area (Å²) in [5.41, 5.74) is 0. The Labute approximate surface area is 413 Å². The number of carbonyl (C=O) groups excluding carboxylic acids is 3. The van der Waals surface area contributed by atoms with Gasteiger partial charge in [-0.05, 0) is 77.0 Å². The van der Waals surface area contributed by atoms with Crippen LogP contribution >= 0.6 is 0 Å². The van der Waals surface area contributed by atoms with Crippen molar-refractivity contribution in [3.8, 4) is 0 Å². The number of unbranched alkanes of at least 4 members (excludes halogenated alkanes) is 26. The lowest BCUT2D eigenvalue weighted by atomic mass is 10.0. The Morgan fingerprint density at radius 1 is 0.463 bits per heavy atom. The van der Waals surface area contributed by atoms with Crippen molar-refractivity contribution in [1.29, 1.82) is 0 Å². The molecule has 0 aromatic heterocycles. The molecule has 0 spiro atoms. The molecule has 388 valence electrons. The standard InChI is InChI=1S/C59H105NO7/c1-6-8-10-12-14-16-18-20-22-24-26-28-29-30-32-34-36-38-40-42-44-46-48-50-58(62)67-55(53-65-52-51-56(59(63)64)60(3,4)5)54-66-57(61)49-47-45-43-41-39-37-35-33-31-27-25-23-21-19-17-15-13-11-9-7-2/h8,10,14,16,20,22,26-28,31,55-56H,6-7,9,11-13,15,17-19,21,23-25,29-30,32-54H2,1-5H3/b10-8+,16-14+,22-20+,28-26+,31-27+. The summed E-state index contributed by atoms with van der Waals surface area (Å²) in [6.07, 6.45) is 62.5. The molecule has 0 aromatic carbocycles. The van der Waals surface area contributed by atoms with E-state index < -0.39 is 18.1 Å². The topological polar surface area (TPSA) is 102 Å². The van der Waals surface area contributed by atoms with Crippen LogP contribution in [0.1, 0.15) is 245 Å². The Balaban J connectivity index is 4.20. The van der Waals surface area contributed by atoms with Crippen LogP contribution in [0, 0.1) is 0 Å². The van der Waals surface area contributed by atoms with Crippen LogP contribution in [0.2, 0.25) is 0 Å². The van der Waals surface area contributed by atoms with Crippen molar-refractivity contribution in [3.63, 3.8) is 0 Å². The zero-order valence-corrected chi connectivity index (χ0v) is 44.3. The Kier molecular flexibility index (Phi) is 47.3. The summed E-state index contributed by atoms with van der Waals surface area (Å²) >= 11 is 0. The third-order valence-electron chi connectivity index (χ3n) is 12.4. The number of ether oxygens (including phenoxy) is 3. The second-order valence-electron chi connectivity index (χ2n) is 19.8. The number of esters is 2. The summed E-state index contributed by atoms with van der Waals surface area (Å²) in [7, 11) is 5.42. The number of carboxylic acid groups (broad SMARTS) is 1. The van der Waals surface area contributed by atoms with E-state index in [-0.39, 0.29) is 42.7 Å². The lowest BCUT2D eigenvalue weighted by Crippen LogP contribution is -2.55. The monoisotopic (exact) mass is 940 g/mol. The maximum Gasteiger partial charge on any atom is 0.306 e. The zero-order chi connectivity index (χ0) is 49.2. The van der Waals surface area contributed by atoms with Crippen LogP contribution in [0.5, 0.6) is 0 Å². The van der Waals surface area contributed by atoms with Gasteiger partial charge in [-0.3, -0.25) is 9.59 Å². The smallest absolute Gasteiger partial charge is 0.306 e. The number of likely N-dealkylation sites (N-methyl/N-ethyl adjacent to an activating group) is 1. The van der Waals surface area contributed by atoms with Gasteiger partial charge >= 0.3 is 11.9 Å². The number of hydrogen-bond donors (Lipinski definition) is 0. The molecule has 0 aliphatic carbocycles. The molecule has 2 unspecified atom stereocenters. The van der Waals surface area contributed by atoms with Crippen molar-refractivity contribution >= 4 is 17.9 Å². The van der Waals surface area contributed by atoms with Crippen LogP contribution in [0.3, 0.4) is 0 Å². The average Bonchev–Trinajstić information content (AvgIpc) is 3.29. The maximum atomic E-state index is 12.8. The molecule has 0 fully saturated rings. The third kappa shape index (κ3) is 47.9. The lowest BCUT2D eigenvalue weighted by molar-refractivity contribution is -0.889. The largest absolute Gasteiger partial charge is 0.544 e. The van der Waals surface area contributed by atoms with Crippen LogP contribution in [0.4, 0.5) is 0 Å². The first kappa shape index (κ1) is 64.0. The molecule has 0 rings (SSSR count). The second kappa shape index (κ2) is 49.5. The van der Waals surface area contributed by atoms with Gasteiger partial charge < -0.3 is 28.6 Å². The van der Waals surface area contributed by atoms with Crippen molar-refractivity contribution in [2.75, 3.05) is 41.0 Å². The second-order valence-corrected chi connectivity index (χ2v) is 19.8. The molecule has 0 heterocycles. The van der Waals surface area contributed by atoms with Gasteiger partial charge in [0, 0.05) is 19.3 Å². The van der Waals surface area contributed by atoms with Crippen molar-refractivity contribution < 1.29 is 38.2 Å². The third-order valence-corrected chi connectivity index (χ3v) is 12.4. The van der Waals surface area contributed by atoms with Crippen molar-refractivity contribution in [2.45, 2.75) is 257 Å². The Morgan fingerprint density at radius 3 is 1.25 bits per heavy atom. The van der Waals surface area contributed by atoms with Crippen LogP contribution in [0.25, 0.3) is 0 Å². The molecule has 0 N–H and O–H groups in total. The highest BCUT2D eigenvalue weighted by Crippen LogP contribution is 2.16. The molecular weight excluding hydrogens is 835 g/mol. The molecule has 0 aliphatic heterocycles. The average molecular weight is 940 g/mol. The summed E-state index contributed by atoms with van der Waals surface area (Å²) in [6.45, 7) is 4.57. The molecule has 8 nitrogen and oxygen atoms in total. The summed E-state index contributed by atoms with van der Waals surface area (Å²) in [5.74, 6) is -1.74. The number of rotatable bonds is 50. The van der Waals surface area contributed by atoms with Gasteiger partial charge in [0.05, 0.1) is 40.3 Å². The molecule has 2 atom stereocenters. The van der Waals surface area contributed by atoms with E-state index in [0.717, 1.165) is 64.2 Å². The molecule has 67 heavy (non-hydrogen) atoms. The van der Waals surface area contributed by atoms with Crippen molar-refractivity contribution in [3.05, 3.63) is 60.8 Å². The SMILES string of the molecule is CC/C=C/C/C=C/C/C=C/C/C=C/CCCCCCCCCCCCC(=O)OC(COCCC(C(=O)[O-])[N+](C)(C)C)COC(=O)CCCCCCCCC/C=C/CCCCCCCCCCC. The highest BCUT2D eigenvalue weighted by Gasteiger charge is 2.25. The molecule has 0 aliphatic rings. The minimum Gasteiger partial charge on any atom is -0.544 e. The van der Waals surface area contributed by atoms with Crippen LogP contribution in [0.15, 0.2) is 60.8 Å². The van der Waals surface area contributed by atoms with Crippen LogP contribution in [-0.2, 0) is 28.6 Å².